The van der Waals surface area contributed by atoms with Crippen molar-refractivity contribution in [1.82, 2.24) is 15.1 Å². The van der Waals surface area contributed by atoms with Gasteiger partial charge in [-0.1, -0.05) is 27.7 Å². The summed E-state index contributed by atoms with van der Waals surface area (Å²) < 4.78 is 0. The van der Waals surface area contributed by atoms with Crippen molar-refractivity contribution in [3.05, 3.63) is 0 Å². The molecule has 0 aromatic carbocycles. The minimum atomic E-state index is -0.394. The molecule has 2 amide bonds. The largest absolute Gasteiger partial charge is 0.336 e. The van der Waals surface area contributed by atoms with Crippen molar-refractivity contribution < 1.29 is 9.59 Å². The van der Waals surface area contributed by atoms with Crippen LogP contribution in [0.5, 0.6) is 0 Å². The first kappa shape index (κ1) is 16.0. The zero-order valence-corrected chi connectivity index (χ0v) is 12.8. The fraction of sp³-hybridized carbons (Fsp3) is 0.857. The molecule has 0 bridgehead atoms. The fourth-order valence-corrected chi connectivity index (χ4v) is 2.13. The number of nitrogens with one attached hydrogen (secondary N) is 1. The molecule has 110 valence electrons. The Labute approximate surface area is 116 Å². The van der Waals surface area contributed by atoms with Crippen molar-refractivity contribution >= 4 is 11.8 Å². The number of likely N-dealkylation sites (N-methyl/N-ethyl adjacent to an activating group) is 1. The number of carbonyl (C=O) groups excluding carboxylic acids is 2. The number of rotatable bonds is 5. The van der Waals surface area contributed by atoms with Crippen LogP contribution in [0.25, 0.3) is 0 Å². The summed E-state index contributed by atoms with van der Waals surface area (Å²) in [5.74, 6) is -0.768. The van der Waals surface area contributed by atoms with E-state index in [1.54, 1.807) is 11.9 Å². The molecule has 1 aliphatic rings. The van der Waals surface area contributed by atoms with Crippen LogP contribution in [-0.2, 0) is 9.59 Å². The van der Waals surface area contributed by atoms with Crippen LogP contribution < -0.4 is 5.32 Å². The Bertz CT molecular complexity index is 336. The van der Waals surface area contributed by atoms with Crippen molar-refractivity contribution in [2.75, 3.05) is 33.2 Å². The summed E-state index contributed by atoms with van der Waals surface area (Å²) in [6.45, 7) is 11.4. The molecule has 0 saturated carbocycles. The third-order valence-electron chi connectivity index (χ3n) is 3.61. The molecule has 1 N–H and O–H groups in total. The van der Waals surface area contributed by atoms with E-state index in [4.69, 9.17) is 0 Å². The van der Waals surface area contributed by atoms with Crippen LogP contribution in [0.15, 0.2) is 0 Å². The summed E-state index contributed by atoms with van der Waals surface area (Å²) >= 11 is 0. The smallest absolute Gasteiger partial charge is 0.312 e. The highest BCUT2D eigenvalue weighted by Crippen LogP contribution is 2.21. The monoisotopic (exact) mass is 269 g/mol. The maximum absolute atomic E-state index is 12.0. The van der Waals surface area contributed by atoms with Gasteiger partial charge in [-0.25, -0.2) is 0 Å². The van der Waals surface area contributed by atoms with Crippen molar-refractivity contribution in [1.29, 1.82) is 0 Å². The number of carbonyl (C=O) groups is 2. The van der Waals surface area contributed by atoms with E-state index in [0.29, 0.717) is 19.6 Å². The van der Waals surface area contributed by atoms with Crippen LogP contribution in [-0.4, -0.2) is 60.9 Å². The van der Waals surface area contributed by atoms with Crippen LogP contribution in [0, 0.1) is 5.41 Å². The molecule has 5 nitrogen and oxygen atoms in total. The van der Waals surface area contributed by atoms with Gasteiger partial charge in [0.05, 0.1) is 0 Å². The summed E-state index contributed by atoms with van der Waals surface area (Å²) in [4.78, 5) is 26.8. The van der Waals surface area contributed by atoms with E-state index in [1.807, 2.05) is 0 Å². The molecule has 1 unspecified atom stereocenters. The molecular weight excluding hydrogens is 242 g/mol. The number of piperazine rings is 1. The molecule has 1 heterocycles. The van der Waals surface area contributed by atoms with Crippen LogP contribution in [0.2, 0.25) is 0 Å². The lowest BCUT2D eigenvalue weighted by Crippen LogP contribution is -2.58. The van der Waals surface area contributed by atoms with Crippen LogP contribution in [0.4, 0.5) is 0 Å². The van der Waals surface area contributed by atoms with Gasteiger partial charge in [-0.05, 0) is 18.4 Å². The molecule has 0 aliphatic carbocycles. The van der Waals surface area contributed by atoms with Crippen LogP contribution in [0.1, 0.15) is 34.1 Å². The predicted octanol–water partition coefficient (Wildman–Crippen LogP) is 0.701. The van der Waals surface area contributed by atoms with Gasteiger partial charge in [0.2, 0.25) is 0 Å². The van der Waals surface area contributed by atoms with E-state index >= 15 is 0 Å². The number of amides is 2. The second-order valence-corrected chi connectivity index (χ2v) is 6.35. The number of hydrogen-bond donors (Lipinski definition) is 1. The molecule has 19 heavy (non-hydrogen) atoms. The van der Waals surface area contributed by atoms with Crippen molar-refractivity contribution in [2.24, 2.45) is 5.41 Å². The lowest BCUT2D eigenvalue weighted by Gasteiger charge is -2.38. The second kappa shape index (κ2) is 6.37. The van der Waals surface area contributed by atoms with E-state index in [-0.39, 0.29) is 17.4 Å². The average molecular weight is 269 g/mol. The van der Waals surface area contributed by atoms with Gasteiger partial charge < -0.3 is 15.1 Å². The molecule has 1 saturated heterocycles. The Balaban J connectivity index is 2.68. The first-order valence-electron chi connectivity index (χ1n) is 7.05. The molecule has 0 radical (unpaired) electrons. The van der Waals surface area contributed by atoms with Crippen molar-refractivity contribution in [3.63, 3.8) is 0 Å². The lowest BCUT2D eigenvalue weighted by molar-refractivity contribution is -0.155. The summed E-state index contributed by atoms with van der Waals surface area (Å²) in [5, 5.41) is 3.48. The lowest BCUT2D eigenvalue weighted by atomic mass is 9.86. The fourth-order valence-electron chi connectivity index (χ4n) is 2.13. The number of nitrogens with zero attached hydrogens (tertiary/aromatic N) is 2. The average Bonchev–Trinajstić information content (AvgIpc) is 2.32. The van der Waals surface area contributed by atoms with Gasteiger partial charge in [0.15, 0.2) is 0 Å². The Morgan fingerprint density at radius 1 is 1.21 bits per heavy atom. The molecule has 5 heteroatoms. The van der Waals surface area contributed by atoms with Gasteiger partial charge in [0, 0.05) is 32.7 Å². The molecular formula is C14H27N3O2. The van der Waals surface area contributed by atoms with Gasteiger partial charge in [-0.3, -0.25) is 9.59 Å². The molecule has 0 aromatic rings. The number of hydrogen-bond acceptors (Lipinski definition) is 3. The third kappa shape index (κ3) is 4.20. The quantitative estimate of drug-likeness (QED) is 0.748. The van der Waals surface area contributed by atoms with Crippen LogP contribution >= 0.6 is 0 Å². The molecule has 1 fully saturated rings. The molecule has 0 spiro atoms. The summed E-state index contributed by atoms with van der Waals surface area (Å²) in [6.07, 6.45) is 1.06. The maximum Gasteiger partial charge on any atom is 0.312 e. The predicted molar refractivity (Wildman–Crippen MR) is 75.8 cm³/mol. The summed E-state index contributed by atoms with van der Waals surface area (Å²) in [7, 11) is 1.67. The van der Waals surface area contributed by atoms with Gasteiger partial charge >= 0.3 is 11.8 Å². The van der Waals surface area contributed by atoms with Crippen molar-refractivity contribution in [3.8, 4) is 0 Å². The Kier molecular flexibility index (Phi) is 5.35. The Morgan fingerprint density at radius 2 is 1.84 bits per heavy atom. The first-order chi connectivity index (χ1) is 8.77. The Morgan fingerprint density at radius 3 is 2.37 bits per heavy atom. The highest BCUT2D eigenvalue weighted by molar-refractivity contribution is 6.35. The molecule has 0 aromatic heterocycles. The van der Waals surface area contributed by atoms with E-state index < -0.39 is 5.91 Å². The highest BCUT2D eigenvalue weighted by atomic mass is 16.2. The first-order valence-corrected chi connectivity index (χ1v) is 7.05. The zero-order valence-electron chi connectivity index (χ0n) is 12.8. The van der Waals surface area contributed by atoms with E-state index in [9.17, 15) is 9.59 Å². The zero-order chi connectivity index (χ0) is 14.6. The molecule has 1 rings (SSSR count). The van der Waals surface area contributed by atoms with Gasteiger partial charge in [0.25, 0.3) is 0 Å². The molecule has 1 atom stereocenters. The second-order valence-electron chi connectivity index (χ2n) is 6.35. The van der Waals surface area contributed by atoms with E-state index in [2.05, 4.69) is 33.0 Å². The maximum atomic E-state index is 12.0. The summed E-state index contributed by atoms with van der Waals surface area (Å²) in [5.41, 5.74) is 0.0574. The normalized spacial score (nSPS) is 19.0. The minimum Gasteiger partial charge on any atom is -0.336 e. The SMILES string of the molecule is CCCNC(CN1CCN(C)C(=O)C1=O)C(C)(C)C. The van der Waals surface area contributed by atoms with E-state index in [0.717, 1.165) is 13.0 Å². The van der Waals surface area contributed by atoms with E-state index in [1.165, 1.54) is 4.90 Å². The van der Waals surface area contributed by atoms with Gasteiger partial charge in [-0.15, -0.1) is 0 Å². The van der Waals surface area contributed by atoms with Gasteiger partial charge in [0.1, 0.15) is 0 Å². The molecule has 1 aliphatic heterocycles. The highest BCUT2D eigenvalue weighted by Gasteiger charge is 2.34. The Hall–Kier alpha value is -1.10. The minimum absolute atomic E-state index is 0.0574. The van der Waals surface area contributed by atoms with Gasteiger partial charge in [-0.2, -0.15) is 0 Å². The van der Waals surface area contributed by atoms with Crippen molar-refractivity contribution in [2.45, 2.75) is 40.2 Å². The topological polar surface area (TPSA) is 52.6 Å². The van der Waals surface area contributed by atoms with Crippen LogP contribution in [0.3, 0.4) is 0 Å². The third-order valence-corrected chi connectivity index (χ3v) is 3.61. The summed E-state index contributed by atoms with van der Waals surface area (Å²) in [6, 6.07) is 0.201. The standard InChI is InChI=1S/C14H27N3O2/c1-6-7-15-11(14(2,3)4)10-17-9-8-16(5)12(18)13(17)19/h11,15H,6-10H2,1-5H3.